The van der Waals surface area contributed by atoms with Crippen LogP contribution in [-0.4, -0.2) is 22.5 Å². The molecule has 98 valence electrons. The van der Waals surface area contributed by atoms with Gasteiger partial charge in [0.2, 0.25) is 0 Å². The van der Waals surface area contributed by atoms with E-state index in [1.54, 1.807) is 19.1 Å². The Hall–Kier alpha value is -1.63. The van der Waals surface area contributed by atoms with Crippen molar-refractivity contribution in [1.29, 1.82) is 0 Å². The van der Waals surface area contributed by atoms with Crippen LogP contribution in [0.15, 0.2) is 22.7 Å². The minimum absolute atomic E-state index is 0.0267. The van der Waals surface area contributed by atoms with Crippen molar-refractivity contribution >= 4 is 33.3 Å². The molecule has 0 radical (unpaired) electrons. The topological polar surface area (TPSA) is 92.5 Å². The summed E-state index contributed by atoms with van der Waals surface area (Å²) < 4.78 is 0.724. The molecule has 1 aromatic rings. The van der Waals surface area contributed by atoms with E-state index in [9.17, 15) is 14.9 Å². The molecule has 1 rings (SSSR count). The van der Waals surface area contributed by atoms with Gasteiger partial charge in [0.1, 0.15) is 5.69 Å². The fourth-order valence-electron chi connectivity index (χ4n) is 1.36. The Morgan fingerprint density at radius 2 is 2.28 bits per heavy atom. The summed E-state index contributed by atoms with van der Waals surface area (Å²) in [6.07, 6.45) is 0.402. The molecule has 1 unspecified atom stereocenters. The Morgan fingerprint density at radius 3 is 2.83 bits per heavy atom. The van der Waals surface area contributed by atoms with Crippen molar-refractivity contribution in [3.05, 3.63) is 32.8 Å². The number of nitro benzene ring substituents is 1. The zero-order valence-electron chi connectivity index (χ0n) is 9.72. The number of nitrogens with one attached hydrogen (secondary N) is 1. The van der Waals surface area contributed by atoms with Gasteiger partial charge in [-0.15, -0.1) is 0 Å². The number of halogens is 1. The van der Waals surface area contributed by atoms with Gasteiger partial charge in [-0.2, -0.15) is 0 Å². The van der Waals surface area contributed by atoms with E-state index in [1.807, 2.05) is 0 Å². The fraction of sp³-hybridized carbons (Fsp3) is 0.364. The maximum Gasteiger partial charge on any atom is 0.306 e. The summed E-state index contributed by atoms with van der Waals surface area (Å²) in [5, 5.41) is 22.4. The highest BCUT2D eigenvalue weighted by atomic mass is 79.9. The molecule has 0 bridgehead atoms. The minimum Gasteiger partial charge on any atom is -0.481 e. The lowest BCUT2D eigenvalue weighted by atomic mass is 10.1. The molecule has 1 aromatic carbocycles. The average Bonchev–Trinajstić information content (AvgIpc) is 2.28. The summed E-state index contributed by atoms with van der Waals surface area (Å²) in [7, 11) is 0. The predicted octanol–water partition coefficient (Wildman–Crippen LogP) is 2.88. The molecule has 0 heterocycles. The first-order valence-electron chi connectivity index (χ1n) is 5.32. The Labute approximate surface area is 112 Å². The molecule has 0 aromatic heterocycles. The van der Waals surface area contributed by atoms with Crippen LogP contribution in [0.4, 0.5) is 11.4 Å². The number of carboxylic acids is 1. The normalized spacial score (nSPS) is 11.9. The number of nitrogens with zero attached hydrogens (tertiary/aromatic N) is 1. The number of anilines is 1. The number of hydrogen-bond donors (Lipinski definition) is 2. The maximum absolute atomic E-state index is 10.8. The number of hydrogen-bond acceptors (Lipinski definition) is 4. The van der Waals surface area contributed by atoms with E-state index in [0.29, 0.717) is 18.7 Å². The number of rotatable bonds is 6. The molecule has 0 saturated carbocycles. The summed E-state index contributed by atoms with van der Waals surface area (Å²) in [4.78, 5) is 20.9. The van der Waals surface area contributed by atoms with Gasteiger partial charge in [-0.25, -0.2) is 0 Å². The van der Waals surface area contributed by atoms with Gasteiger partial charge >= 0.3 is 5.97 Å². The SMILES string of the molecule is CC(CCNc1cc(Br)ccc1[N+](=O)[O-])C(=O)O. The molecule has 0 fully saturated rings. The predicted molar refractivity (Wildman–Crippen MR) is 70.7 cm³/mol. The highest BCUT2D eigenvalue weighted by Gasteiger charge is 2.15. The van der Waals surface area contributed by atoms with E-state index in [1.165, 1.54) is 6.07 Å². The molecular weight excluding hydrogens is 304 g/mol. The van der Waals surface area contributed by atoms with E-state index in [4.69, 9.17) is 5.11 Å². The second kappa shape index (κ2) is 6.34. The summed E-state index contributed by atoms with van der Waals surface area (Å²) in [5.74, 6) is -1.36. The zero-order valence-corrected chi connectivity index (χ0v) is 11.3. The smallest absolute Gasteiger partial charge is 0.306 e. The highest BCUT2D eigenvalue weighted by Crippen LogP contribution is 2.27. The Balaban J connectivity index is 2.69. The lowest BCUT2D eigenvalue weighted by molar-refractivity contribution is -0.384. The first-order chi connectivity index (χ1) is 8.41. The van der Waals surface area contributed by atoms with Crippen LogP contribution in [-0.2, 0) is 4.79 Å². The molecule has 0 aliphatic heterocycles. The van der Waals surface area contributed by atoms with Crippen molar-refractivity contribution in [2.24, 2.45) is 5.92 Å². The van der Waals surface area contributed by atoms with Crippen molar-refractivity contribution in [1.82, 2.24) is 0 Å². The molecule has 2 N–H and O–H groups in total. The molecule has 0 aliphatic rings. The summed E-state index contributed by atoms with van der Waals surface area (Å²) in [5.41, 5.74) is 0.355. The average molecular weight is 317 g/mol. The van der Waals surface area contributed by atoms with Crippen LogP contribution in [0.2, 0.25) is 0 Å². The highest BCUT2D eigenvalue weighted by molar-refractivity contribution is 9.10. The van der Waals surface area contributed by atoms with Gasteiger partial charge in [-0.05, 0) is 18.6 Å². The van der Waals surface area contributed by atoms with Crippen molar-refractivity contribution in [2.45, 2.75) is 13.3 Å². The first-order valence-corrected chi connectivity index (χ1v) is 6.11. The van der Waals surface area contributed by atoms with Crippen molar-refractivity contribution < 1.29 is 14.8 Å². The van der Waals surface area contributed by atoms with Crippen LogP contribution in [0.3, 0.4) is 0 Å². The Morgan fingerprint density at radius 1 is 1.61 bits per heavy atom. The number of nitro groups is 1. The Kier molecular flexibility index (Phi) is 5.08. The molecule has 0 amide bonds. The van der Waals surface area contributed by atoms with Gasteiger partial charge in [0.25, 0.3) is 5.69 Å². The van der Waals surface area contributed by atoms with E-state index in [0.717, 1.165) is 4.47 Å². The zero-order chi connectivity index (χ0) is 13.7. The van der Waals surface area contributed by atoms with E-state index < -0.39 is 16.8 Å². The fourth-order valence-corrected chi connectivity index (χ4v) is 1.72. The lowest BCUT2D eigenvalue weighted by Crippen LogP contribution is -2.14. The molecular formula is C11H13BrN2O4. The second-order valence-corrected chi connectivity index (χ2v) is 4.79. The molecule has 18 heavy (non-hydrogen) atoms. The van der Waals surface area contributed by atoms with Crippen molar-refractivity contribution in [2.75, 3.05) is 11.9 Å². The minimum atomic E-state index is -0.874. The van der Waals surface area contributed by atoms with Crippen LogP contribution in [0.1, 0.15) is 13.3 Å². The van der Waals surface area contributed by atoms with Gasteiger partial charge in [-0.3, -0.25) is 14.9 Å². The summed E-state index contributed by atoms with van der Waals surface area (Å²) in [6.45, 7) is 1.96. The van der Waals surface area contributed by atoms with Crippen molar-refractivity contribution in [3.8, 4) is 0 Å². The number of carbonyl (C=O) groups is 1. The van der Waals surface area contributed by atoms with Gasteiger partial charge in [0, 0.05) is 17.1 Å². The number of benzene rings is 1. The molecule has 7 heteroatoms. The standard InChI is InChI=1S/C11H13BrN2O4/c1-7(11(15)16)4-5-13-9-6-8(12)2-3-10(9)14(17)18/h2-3,6-7,13H,4-5H2,1H3,(H,15,16). The molecule has 1 atom stereocenters. The molecule has 0 spiro atoms. The van der Waals surface area contributed by atoms with E-state index in [-0.39, 0.29) is 5.69 Å². The van der Waals surface area contributed by atoms with Gasteiger partial charge in [-0.1, -0.05) is 22.9 Å². The van der Waals surface area contributed by atoms with Gasteiger partial charge in [0.05, 0.1) is 10.8 Å². The molecule has 0 saturated heterocycles. The molecule has 0 aliphatic carbocycles. The largest absolute Gasteiger partial charge is 0.481 e. The van der Waals surface area contributed by atoms with Crippen LogP contribution in [0.5, 0.6) is 0 Å². The first kappa shape index (κ1) is 14.4. The summed E-state index contributed by atoms with van der Waals surface area (Å²) in [6, 6.07) is 4.58. The number of carboxylic acid groups (broad SMARTS) is 1. The third kappa shape index (κ3) is 3.99. The maximum atomic E-state index is 10.8. The third-order valence-corrected chi connectivity index (χ3v) is 2.96. The second-order valence-electron chi connectivity index (χ2n) is 3.87. The lowest BCUT2D eigenvalue weighted by Gasteiger charge is -2.09. The van der Waals surface area contributed by atoms with Crippen LogP contribution < -0.4 is 5.32 Å². The van der Waals surface area contributed by atoms with E-state index >= 15 is 0 Å². The monoisotopic (exact) mass is 316 g/mol. The van der Waals surface area contributed by atoms with E-state index in [2.05, 4.69) is 21.2 Å². The third-order valence-electron chi connectivity index (χ3n) is 2.47. The number of aliphatic carboxylic acids is 1. The van der Waals surface area contributed by atoms with Crippen LogP contribution >= 0.6 is 15.9 Å². The van der Waals surface area contributed by atoms with Gasteiger partial charge < -0.3 is 10.4 Å². The molecule has 6 nitrogen and oxygen atoms in total. The quantitative estimate of drug-likeness (QED) is 0.621. The summed E-state index contributed by atoms with van der Waals surface area (Å²) >= 11 is 3.23. The van der Waals surface area contributed by atoms with Crippen LogP contribution in [0.25, 0.3) is 0 Å². The van der Waals surface area contributed by atoms with Crippen molar-refractivity contribution in [3.63, 3.8) is 0 Å². The van der Waals surface area contributed by atoms with Gasteiger partial charge in [0.15, 0.2) is 0 Å². The Bertz CT molecular complexity index is 464. The van der Waals surface area contributed by atoms with Crippen LogP contribution in [0, 0.1) is 16.0 Å².